The van der Waals surface area contributed by atoms with Gasteiger partial charge < -0.3 is 16.3 Å². The molecule has 114 valence electrons. The highest BCUT2D eigenvalue weighted by atomic mass is 19.1. The van der Waals surface area contributed by atoms with E-state index in [1.54, 1.807) is 25.1 Å². The van der Waals surface area contributed by atoms with Gasteiger partial charge in [0.1, 0.15) is 11.2 Å². The zero-order valence-corrected chi connectivity index (χ0v) is 12.1. The third-order valence-corrected chi connectivity index (χ3v) is 4.15. The molecule has 1 aliphatic rings. The van der Waals surface area contributed by atoms with Crippen molar-refractivity contribution in [3.8, 4) is 0 Å². The highest BCUT2D eigenvalue weighted by molar-refractivity contribution is 6.07. The molecule has 0 saturated heterocycles. The fourth-order valence-electron chi connectivity index (χ4n) is 2.98. The molecule has 4 N–H and O–H groups in total. The second-order valence-corrected chi connectivity index (χ2v) is 5.80. The number of nitrogens with one attached hydrogen (secondary N) is 1. The molecule has 2 rings (SSSR count). The Kier molecular flexibility index (Phi) is 4.16. The number of nitrogens with two attached hydrogens (primary N) is 1. The second-order valence-electron chi connectivity index (χ2n) is 5.80. The summed E-state index contributed by atoms with van der Waals surface area (Å²) in [5.74, 6) is -0.449. The smallest absolute Gasteiger partial charge is 0.234 e. The molecule has 1 aliphatic carbocycles. The van der Waals surface area contributed by atoms with Crippen LogP contribution in [0.3, 0.4) is 0 Å². The van der Waals surface area contributed by atoms with Crippen LogP contribution in [0.25, 0.3) is 0 Å². The number of hydrogen-bond acceptors (Lipinski definition) is 3. The first-order valence-corrected chi connectivity index (χ1v) is 6.94. The number of carbonyl (C=O) groups excluding carboxylic acids is 1. The number of amides is 1. The van der Waals surface area contributed by atoms with Gasteiger partial charge in [0.15, 0.2) is 5.84 Å². The van der Waals surface area contributed by atoms with Gasteiger partial charge in [-0.25, -0.2) is 4.39 Å². The third-order valence-electron chi connectivity index (χ3n) is 4.15. The lowest BCUT2D eigenvalue weighted by atomic mass is 9.61. The van der Waals surface area contributed by atoms with Gasteiger partial charge in [-0.3, -0.25) is 4.79 Å². The van der Waals surface area contributed by atoms with Gasteiger partial charge in [0.2, 0.25) is 5.91 Å². The van der Waals surface area contributed by atoms with Gasteiger partial charge in [-0.2, -0.15) is 0 Å². The van der Waals surface area contributed by atoms with Gasteiger partial charge in [0, 0.05) is 5.56 Å². The zero-order chi connectivity index (χ0) is 15.6. The lowest BCUT2D eigenvalue weighted by Gasteiger charge is -2.44. The molecule has 0 bridgehead atoms. The maximum atomic E-state index is 13.7. The minimum absolute atomic E-state index is 0.0844. The van der Waals surface area contributed by atoms with Crippen LogP contribution in [0, 0.1) is 17.2 Å². The molecule has 1 aromatic carbocycles. The summed E-state index contributed by atoms with van der Waals surface area (Å²) in [5, 5.41) is 14.6. The Morgan fingerprint density at radius 1 is 1.52 bits per heavy atom. The van der Waals surface area contributed by atoms with Crippen LogP contribution in [0.2, 0.25) is 0 Å². The summed E-state index contributed by atoms with van der Waals surface area (Å²) in [6.07, 6.45) is 1.05. The molecule has 21 heavy (non-hydrogen) atoms. The van der Waals surface area contributed by atoms with Crippen LogP contribution in [0.1, 0.15) is 38.3 Å². The highest BCUT2D eigenvalue weighted by Crippen LogP contribution is 2.46. The molecule has 1 amide bonds. The van der Waals surface area contributed by atoms with E-state index < -0.39 is 11.5 Å². The number of amidine groups is 1. The van der Waals surface area contributed by atoms with E-state index in [9.17, 15) is 9.18 Å². The van der Waals surface area contributed by atoms with E-state index in [-0.39, 0.29) is 17.6 Å². The fraction of sp³-hybridized carbons (Fsp3) is 0.467. The summed E-state index contributed by atoms with van der Waals surface area (Å²) in [6, 6.07) is 5.80. The molecule has 1 aromatic rings. The van der Waals surface area contributed by atoms with Gasteiger partial charge in [-0.15, -0.1) is 0 Å². The molecule has 0 radical (unpaired) electrons. The fourth-order valence-corrected chi connectivity index (χ4v) is 2.98. The Morgan fingerprint density at radius 3 is 2.67 bits per heavy atom. The van der Waals surface area contributed by atoms with Crippen molar-refractivity contribution in [3.63, 3.8) is 0 Å². The lowest BCUT2D eigenvalue weighted by Crippen LogP contribution is -2.57. The summed E-state index contributed by atoms with van der Waals surface area (Å²) in [6.45, 7) is 3.70. The molecule has 0 aromatic heterocycles. The summed E-state index contributed by atoms with van der Waals surface area (Å²) >= 11 is 0. The molecule has 1 atom stereocenters. The van der Waals surface area contributed by atoms with Crippen molar-refractivity contribution < 1.29 is 14.4 Å². The molecule has 1 saturated carbocycles. The van der Waals surface area contributed by atoms with Crippen LogP contribution >= 0.6 is 0 Å². The average molecular weight is 293 g/mol. The van der Waals surface area contributed by atoms with E-state index in [1.807, 2.05) is 6.92 Å². The summed E-state index contributed by atoms with van der Waals surface area (Å²) in [4.78, 5) is 12.5. The Balaban J connectivity index is 2.15. The number of nitrogens with zero attached hydrogens (tertiary/aromatic N) is 1. The number of oxime groups is 1. The molecule has 1 unspecified atom stereocenters. The van der Waals surface area contributed by atoms with Gasteiger partial charge in [-0.05, 0) is 31.7 Å². The number of carbonyl (C=O) groups is 1. The Hall–Kier alpha value is -2.11. The maximum absolute atomic E-state index is 13.7. The van der Waals surface area contributed by atoms with E-state index in [0.717, 1.165) is 0 Å². The summed E-state index contributed by atoms with van der Waals surface area (Å²) in [5.41, 5.74) is 5.12. The van der Waals surface area contributed by atoms with E-state index in [1.165, 1.54) is 6.07 Å². The van der Waals surface area contributed by atoms with Crippen LogP contribution in [0.15, 0.2) is 29.4 Å². The predicted molar refractivity (Wildman–Crippen MR) is 77.2 cm³/mol. The van der Waals surface area contributed by atoms with Crippen molar-refractivity contribution in [1.29, 1.82) is 0 Å². The first-order chi connectivity index (χ1) is 9.90. The molecule has 0 spiro atoms. The van der Waals surface area contributed by atoms with Gasteiger partial charge in [0.05, 0.1) is 6.04 Å². The summed E-state index contributed by atoms with van der Waals surface area (Å²) < 4.78 is 13.7. The molecule has 1 fully saturated rings. The third kappa shape index (κ3) is 2.70. The van der Waals surface area contributed by atoms with Crippen molar-refractivity contribution in [3.05, 3.63) is 35.6 Å². The SMILES string of the molecule is CC1CC(C(=O)NC(C)c2ccccc2F)(/C(N)=N/O)C1. The normalized spacial score (nSPS) is 26.8. The first-order valence-electron chi connectivity index (χ1n) is 6.94. The number of halogens is 1. The van der Waals surface area contributed by atoms with Gasteiger partial charge >= 0.3 is 0 Å². The number of benzene rings is 1. The number of hydrogen-bond donors (Lipinski definition) is 3. The van der Waals surface area contributed by atoms with Crippen molar-refractivity contribution in [2.75, 3.05) is 0 Å². The summed E-state index contributed by atoms with van der Waals surface area (Å²) in [7, 11) is 0. The Bertz CT molecular complexity index is 568. The van der Waals surface area contributed by atoms with Crippen molar-refractivity contribution in [2.45, 2.75) is 32.7 Å². The highest BCUT2D eigenvalue weighted by Gasteiger charge is 2.52. The van der Waals surface area contributed by atoms with Crippen molar-refractivity contribution in [1.82, 2.24) is 5.32 Å². The van der Waals surface area contributed by atoms with E-state index in [2.05, 4.69) is 10.5 Å². The van der Waals surface area contributed by atoms with Crippen LogP contribution in [0.5, 0.6) is 0 Å². The molecule has 5 nitrogen and oxygen atoms in total. The molecular formula is C15H20FN3O2. The molecule has 6 heteroatoms. The van der Waals surface area contributed by atoms with E-state index in [0.29, 0.717) is 24.3 Å². The standard InChI is InChI=1S/C15H20FN3O2/c1-9-7-15(8-9,13(17)19-21)14(20)18-10(2)11-5-3-4-6-12(11)16/h3-6,9-10,21H,7-8H2,1-2H3,(H2,17,19)(H,18,20). The van der Waals surface area contributed by atoms with E-state index >= 15 is 0 Å². The Labute approximate surface area is 123 Å². The van der Waals surface area contributed by atoms with Crippen molar-refractivity contribution >= 4 is 11.7 Å². The van der Waals surface area contributed by atoms with Gasteiger partial charge in [0.25, 0.3) is 0 Å². The Morgan fingerprint density at radius 2 is 2.14 bits per heavy atom. The first kappa shape index (κ1) is 15.3. The van der Waals surface area contributed by atoms with Gasteiger partial charge in [-0.1, -0.05) is 30.3 Å². The lowest BCUT2D eigenvalue weighted by molar-refractivity contribution is -0.133. The van der Waals surface area contributed by atoms with E-state index in [4.69, 9.17) is 10.9 Å². The monoisotopic (exact) mass is 293 g/mol. The largest absolute Gasteiger partial charge is 0.409 e. The predicted octanol–water partition coefficient (Wildman–Crippen LogP) is 2.17. The maximum Gasteiger partial charge on any atom is 0.234 e. The molecule has 0 heterocycles. The van der Waals surface area contributed by atoms with Crippen LogP contribution in [-0.4, -0.2) is 17.0 Å². The molecular weight excluding hydrogens is 273 g/mol. The van der Waals surface area contributed by atoms with Crippen LogP contribution in [0.4, 0.5) is 4.39 Å². The second kappa shape index (κ2) is 5.71. The minimum atomic E-state index is -0.978. The average Bonchev–Trinajstić information content (AvgIpc) is 2.42. The van der Waals surface area contributed by atoms with Crippen LogP contribution in [-0.2, 0) is 4.79 Å². The van der Waals surface area contributed by atoms with Crippen LogP contribution < -0.4 is 11.1 Å². The minimum Gasteiger partial charge on any atom is -0.409 e. The molecule has 0 aliphatic heterocycles. The topological polar surface area (TPSA) is 87.7 Å². The quantitative estimate of drug-likeness (QED) is 0.344. The zero-order valence-electron chi connectivity index (χ0n) is 12.1. The van der Waals surface area contributed by atoms with Crippen molar-refractivity contribution in [2.24, 2.45) is 22.2 Å². The number of rotatable bonds is 4.